The van der Waals surface area contributed by atoms with Crippen LogP contribution in [0.5, 0.6) is 0 Å². The van der Waals surface area contributed by atoms with Gasteiger partial charge in [0.2, 0.25) is 0 Å². The second kappa shape index (κ2) is 12.1. The van der Waals surface area contributed by atoms with Crippen LogP contribution in [0.3, 0.4) is 0 Å². The molecule has 10 aromatic carbocycles. The predicted octanol–water partition coefficient (Wildman–Crippen LogP) is 15.3. The zero-order chi connectivity index (χ0) is 37.8. The maximum absolute atomic E-state index is 6.81. The standard InChI is InChI=1S/C54H36N2O/c1-33-32-48(56(45-24-12-9-20-39(45)35-16-5-3-6-17-35)47-26-15-23-41-40-21-11-14-27-49(40)57-54(41)47)43-30-29-38-34(2)53-52(44-31-28-37(33)50(43)51(38)44)42-22-10-13-25-46(42)55(53)36-18-7-4-8-19-36/h3-32H,1-2H3. The molecule has 2 aromatic heterocycles. The Bertz CT molecular complexity index is 3540. The van der Waals surface area contributed by atoms with E-state index in [1.807, 2.05) is 6.07 Å². The normalized spacial score (nSPS) is 12.0. The molecule has 12 rings (SSSR count). The molecular weight excluding hydrogens is 693 g/mol. The maximum Gasteiger partial charge on any atom is 0.159 e. The highest BCUT2D eigenvalue weighted by Gasteiger charge is 2.27. The molecule has 268 valence electrons. The number of aryl methyl sites for hydroxylation is 2. The molecule has 0 N–H and O–H groups in total. The fraction of sp³-hybridized carbons (Fsp3) is 0.0370. The SMILES string of the molecule is Cc1cc(N(c2ccccc2-c2ccccc2)c2cccc3c2oc2ccccc23)c2ccc3c(C)c4c(c5ccc1c2c35)c1ccccc1n4-c1ccccc1. The summed E-state index contributed by atoms with van der Waals surface area (Å²) >= 11 is 0. The second-order valence-corrected chi connectivity index (χ2v) is 15.3. The largest absolute Gasteiger partial charge is 0.454 e. The molecule has 2 heterocycles. The van der Waals surface area contributed by atoms with Crippen molar-refractivity contribution in [1.82, 2.24) is 4.57 Å². The molecule has 0 fully saturated rings. The van der Waals surface area contributed by atoms with Crippen molar-refractivity contribution in [2.24, 2.45) is 0 Å². The summed E-state index contributed by atoms with van der Waals surface area (Å²) < 4.78 is 9.27. The van der Waals surface area contributed by atoms with Gasteiger partial charge in [0.1, 0.15) is 5.58 Å². The number of hydrogen-bond acceptors (Lipinski definition) is 2. The number of benzene rings is 10. The van der Waals surface area contributed by atoms with Crippen molar-refractivity contribution in [3.8, 4) is 16.8 Å². The van der Waals surface area contributed by atoms with Crippen LogP contribution in [0.1, 0.15) is 11.1 Å². The molecule has 0 unspecified atom stereocenters. The Morgan fingerprint density at radius 1 is 0.439 bits per heavy atom. The van der Waals surface area contributed by atoms with Crippen molar-refractivity contribution < 1.29 is 4.42 Å². The third-order valence-corrected chi connectivity index (χ3v) is 12.2. The number of hydrogen-bond donors (Lipinski definition) is 0. The molecule has 57 heavy (non-hydrogen) atoms. The lowest BCUT2D eigenvalue weighted by Crippen LogP contribution is -2.12. The van der Waals surface area contributed by atoms with E-state index in [-0.39, 0.29) is 0 Å². The fourth-order valence-corrected chi connectivity index (χ4v) is 9.77. The van der Waals surface area contributed by atoms with E-state index in [0.717, 1.165) is 50.1 Å². The molecule has 0 aliphatic rings. The maximum atomic E-state index is 6.81. The van der Waals surface area contributed by atoms with E-state index in [1.54, 1.807) is 0 Å². The predicted molar refractivity (Wildman–Crippen MR) is 241 cm³/mol. The molecule has 0 aliphatic carbocycles. The Hall–Kier alpha value is -7.36. The third kappa shape index (κ3) is 4.48. The van der Waals surface area contributed by atoms with Gasteiger partial charge in [-0.05, 0) is 99.9 Å². The van der Waals surface area contributed by atoms with E-state index in [2.05, 4.69) is 199 Å². The van der Waals surface area contributed by atoms with Gasteiger partial charge in [-0.25, -0.2) is 0 Å². The third-order valence-electron chi connectivity index (χ3n) is 12.2. The number of rotatable bonds is 5. The van der Waals surface area contributed by atoms with Crippen molar-refractivity contribution in [2.75, 3.05) is 4.90 Å². The zero-order valence-electron chi connectivity index (χ0n) is 31.6. The van der Waals surface area contributed by atoms with Crippen molar-refractivity contribution in [2.45, 2.75) is 13.8 Å². The first kappa shape index (κ1) is 31.9. The summed E-state index contributed by atoms with van der Waals surface area (Å²) in [4.78, 5) is 2.45. The fourth-order valence-electron chi connectivity index (χ4n) is 9.77. The molecule has 3 heteroatoms. The minimum Gasteiger partial charge on any atom is -0.454 e. The van der Waals surface area contributed by atoms with Crippen LogP contribution >= 0.6 is 0 Å². The zero-order valence-corrected chi connectivity index (χ0v) is 31.6. The van der Waals surface area contributed by atoms with E-state index in [9.17, 15) is 0 Å². The van der Waals surface area contributed by atoms with Crippen LogP contribution < -0.4 is 4.90 Å². The number of anilines is 3. The van der Waals surface area contributed by atoms with Gasteiger partial charge in [0.05, 0.1) is 28.1 Å². The van der Waals surface area contributed by atoms with Gasteiger partial charge in [-0.3, -0.25) is 0 Å². The molecule has 0 saturated heterocycles. The van der Waals surface area contributed by atoms with Crippen molar-refractivity contribution in [1.29, 1.82) is 0 Å². The molecule has 0 saturated carbocycles. The second-order valence-electron chi connectivity index (χ2n) is 15.3. The first-order valence-corrected chi connectivity index (χ1v) is 19.7. The minimum absolute atomic E-state index is 0.871. The lowest BCUT2D eigenvalue weighted by molar-refractivity contribution is 0.669. The topological polar surface area (TPSA) is 21.3 Å². The molecule has 0 atom stereocenters. The van der Waals surface area contributed by atoms with Crippen molar-refractivity contribution >= 4 is 93.1 Å². The van der Waals surface area contributed by atoms with Crippen LogP contribution in [0.4, 0.5) is 17.1 Å². The number of aromatic nitrogens is 1. The summed E-state index contributed by atoms with van der Waals surface area (Å²) in [6.07, 6.45) is 0. The van der Waals surface area contributed by atoms with Gasteiger partial charge in [-0.15, -0.1) is 0 Å². The summed E-state index contributed by atoms with van der Waals surface area (Å²) in [7, 11) is 0. The number of furan rings is 1. The van der Waals surface area contributed by atoms with Gasteiger partial charge in [0, 0.05) is 38.2 Å². The molecule has 0 spiro atoms. The van der Waals surface area contributed by atoms with Crippen LogP contribution in [0.25, 0.3) is 92.9 Å². The van der Waals surface area contributed by atoms with Gasteiger partial charge in [-0.2, -0.15) is 0 Å². The lowest BCUT2D eigenvalue weighted by Gasteiger charge is -2.30. The van der Waals surface area contributed by atoms with Crippen LogP contribution in [0.15, 0.2) is 186 Å². The Labute approximate surface area is 329 Å². The van der Waals surface area contributed by atoms with Crippen molar-refractivity contribution in [3.63, 3.8) is 0 Å². The van der Waals surface area contributed by atoms with E-state index in [0.29, 0.717) is 0 Å². The molecule has 0 radical (unpaired) electrons. The number of nitrogens with zero attached hydrogens (tertiary/aromatic N) is 2. The summed E-state index contributed by atoms with van der Waals surface area (Å²) in [5.41, 5.74) is 13.5. The van der Waals surface area contributed by atoms with Gasteiger partial charge >= 0.3 is 0 Å². The van der Waals surface area contributed by atoms with Gasteiger partial charge in [-0.1, -0.05) is 140 Å². The van der Waals surface area contributed by atoms with Gasteiger partial charge < -0.3 is 13.9 Å². The highest BCUT2D eigenvalue weighted by Crippen LogP contribution is 2.51. The summed E-state index contributed by atoms with van der Waals surface area (Å²) in [6, 6.07) is 66.0. The summed E-state index contributed by atoms with van der Waals surface area (Å²) in [5.74, 6) is 0. The Balaban J connectivity index is 1.23. The van der Waals surface area contributed by atoms with E-state index in [1.165, 1.54) is 70.9 Å². The lowest BCUT2D eigenvalue weighted by atomic mass is 9.87. The Morgan fingerprint density at radius 2 is 1.07 bits per heavy atom. The molecule has 0 aliphatic heterocycles. The smallest absolute Gasteiger partial charge is 0.159 e. The Morgan fingerprint density at radius 3 is 1.93 bits per heavy atom. The molecule has 0 amide bonds. The molecule has 3 nitrogen and oxygen atoms in total. The van der Waals surface area contributed by atoms with E-state index < -0.39 is 0 Å². The van der Waals surface area contributed by atoms with Crippen LogP contribution in [0.2, 0.25) is 0 Å². The summed E-state index contributed by atoms with van der Waals surface area (Å²) in [6.45, 7) is 4.58. The first-order chi connectivity index (χ1) is 28.2. The minimum atomic E-state index is 0.871. The average molecular weight is 729 g/mol. The Kier molecular flexibility index (Phi) is 6.76. The van der Waals surface area contributed by atoms with Crippen LogP contribution in [-0.2, 0) is 0 Å². The van der Waals surface area contributed by atoms with Crippen LogP contribution in [0, 0.1) is 13.8 Å². The average Bonchev–Trinajstić information content (AvgIpc) is 3.83. The van der Waals surface area contributed by atoms with Gasteiger partial charge in [0.25, 0.3) is 0 Å². The molecule has 12 aromatic rings. The van der Waals surface area contributed by atoms with Crippen LogP contribution in [-0.4, -0.2) is 4.57 Å². The number of para-hydroxylation sites is 5. The highest BCUT2D eigenvalue weighted by atomic mass is 16.3. The monoisotopic (exact) mass is 728 g/mol. The molecular formula is C54H36N2O. The van der Waals surface area contributed by atoms with E-state index >= 15 is 0 Å². The highest BCUT2D eigenvalue weighted by molar-refractivity contribution is 6.35. The van der Waals surface area contributed by atoms with Gasteiger partial charge in [0.15, 0.2) is 5.58 Å². The van der Waals surface area contributed by atoms with Crippen molar-refractivity contribution in [3.05, 3.63) is 193 Å². The quantitative estimate of drug-likeness (QED) is 0.165. The van der Waals surface area contributed by atoms with E-state index in [4.69, 9.17) is 4.42 Å². The summed E-state index contributed by atoms with van der Waals surface area (Å²) in [5, 5.41) is 12.4. The number of fused-ring (bicyclic) bond motifs is 7. The molecule has 0 bridgehead atoms. The first-order valence-electron chi connectivity index (χ1n) is 19.7.